The second-order valence-corrected chi connectivity index (χ2v) is 5.11. The van der Waals surface area contributed by atoms with E-state index in [4.69, 9.17) is 0 Å². The highest BCUT2D eigenvalue weighted by Crippen LogP contribution is 2.10. The van der Waals surface area contributed by atoms with Crippen LogP contribution >= 0.6 is 0 Å². The van der Waals surface area contributed by atoms with Crippen LogP contribution in [0.3, 0.4) is 0 Å². The second-order valence-electron chi connectivity index (χ2n) is 5.11. The third-order valence-electron chi connectivity index (χ3n) is 3.38. The molecule has 0 saturated heterocycles. The fourth-order valence-electron chi connectivity index (χ4n) is 2.13. The molecule has 0 atom stereocenters. The van der Waals surface area contributed by atoms with E-state index in [1.807, 2.05) is 46.3 Å². The van der Waals surface area contributed by atoms with E-state index >= 15 is 0 Å². The van der Waals surface area contributed by atoms with Crippen LogP contribution in [0.4, 0.5) is 0 Å². The van der Waals surface area contributed by atoms with E-state index in [1.54, 1.807) is 15.8 Å². The normalized spacial score (nSPS) is 10.6. The lowest BCUT2D eigenvalue weighted by atomic mass is 10.1. The number of aryl methyl sites for hydroxylation is 3. The summed E-state index contributed by atoms with van der Waals surface area (Å²) < 4.78 is 1.77. The number of carbonyl (C=O) groups is 1. The standard InChI is InChI=1S/C15H20N4O/c1-11-6-5-7-16-14(11)8-15(20)18(3)9-13-10-19(4)17-12(13)2/h5-7,10H,8-9H2,1-4H3. The van der Waals surface area contributed by atoms with Crippen LogP contribution in [-0.4, -0.2) is 32.6 Å². The summed E-state index contributed by atoms with van der Waals surface area (Å²) in [6.45, 7) is 4.50. The maximum atomic E-state index is 12.2. The highest BCUT2D eigenvalue weighted by Gasteiger charge is 2.14. The van der Waals surface area contributed by atoms with Crippen LogP contribution in [0.15, 0.2) is 24.5 Å². The van der Waals surface area contributed by atoms with Gasteiger partial charge in [0.15, 0.2) is 0 Å². The molecule has 0 aliphatic carbocycles. The summed E-state index contributed by atoms with van der Waals surface area (Å²) in [6.07, 6.45) is 4.01. The van der Waals surface area contributed by atoms with Crippen LogP contribution in [0, 0.1) is 13.8 Å². The van der Waals surface area contributed by atoms with Gasteiger partial charge < -0.3 is 4.90 Å². The molecule has 106 valence electrons. The molecule has 2 aromatic rings. The maximum absolute atomic E-state index is 12.2. The first-order valence-corrected chi connectivity index (χ1v) is 6.61. The molecule has 0 aromatic carbocycles. The van der Waals surface area contributed by atoms with E-state index in [0.717, 1.165) is 22.5 Å². The smallest absolute Gasteiger partial charge is 0.228 e. The summed E-state index contributed by atoms with van der Waals surface area (Å²) >= 11 is 0. The summed E-state index contributed by atoms with van der Waals surface area (Å²) in [7, 11) is 3.70. The Hall–Kier alpha value is -2.17. The molecule has 2 aromatic heterocycles. The van der Waals surface area contributed by atoms with Gasteiger partial charge in [-0.25, -0.2) is 0 Å². The molecule has 0 unspecified atom stereocenters. The fraction of sp³-hybridized carbons (Fsp3) is 0.400. The largest absolute Gasteiger partial charge is 0.341 e. The molecular weight excluding hydrogens is 252 g/mol. The quantitative estimate of drug-likeness (QED) is 0.850. The number of aromatic nitrogens is 3. The Bertz CT molecular complexity index is 618. The lowest BCUT2D eigenvalue weighted by Gasteiger charge is -2.17. The van der Waals surface area contributed by atoms with Crippen molar-refractivity contribution in [3.63, 3.8) is 0 Å². The lowest BCUT2D eigenvalue weighted by Crippen LogP contribution is -2.28. The predicted molar refractivity (Wildman–Crippen MR) is 77.1 cm³/mol. The van der Waals surface area contributed by atoms with Gasteiger partial charge in [-0.3, -0.25) is 14.5 Å². The van der Waals surface area contributed by atoms with Crippen LogP contribution < -0.4 is 0 Å². The molecule has 5 nitrogen and oxygen atoms in total. The molecule has 0 aliphatic heterocycles. The van der Waals surface area contributed by atoms with Gasteiger partial charge in [-0.05, 0) is 25.5 Å². The molecule has 5 heteroatoms. The summed E-state index contributed by atoms with van der Waals surface area (Å²) in [5.74, 6) is 0.0649. The number of hydrogen-bond acceptors (Lipinski definition) is 3. The van der Waals surface area contributed by atoms with Crippen molar-refractivity contribution in [1.82, 2.24) is 19.7 Å². The summed E-state index contributed by atoms with van der Waals surface area (Å²) in [4.78, 5) is 18.2. The average Bonchev–Trinajstić information content (AvgIpc) is 2.70. The van der Waals surface area contributed by atoms with Crippen molar-refractivity contribution >= 4 is 5.91 Å². The number of nitrogens with zero attached hydrogens (tertiary/aromatic N) is 4. The number of carbonyl (C=O) groups excluding carboxylic acids is 1. The Labute approximate surface area is 119 Å². The molecule has 0 bridgehead atoms. The number of rotatable bonds is 4. The van der Waals surface area contributed by atoms with Gasteiger partial charge in [-0.1, -0.05) is 6.07 Å². The molecular formula is C15H20N4O. The minimum absolute atomic E-state index is 0.0649. The molecule has 20 heavy (non-hydrogen) atoms. The summed E-state index contributed by atoms with van der Waals surface area (Å²) in [5.41, 5.74) is 3.92. The Kier molecular flexibility index (Phi) is 4.17. The van der Waals surface area contributed by atoms with Crippen LogP contribution in [0.25, 0.3) is 0 Å². The third kappa shape index (κ3) is 3.23. The van der Waals surface area contributed by atoms with Gasteiger partial charge in [0, 0.05) is 38.6 Å². The van der Waals surface area contributed by atoms with Gasteiger partial charge >= 0.3 is 0 Å². The molecule has 0 aliphatic rings. The van der Waals surface area contributed by atoms with Crippen LogP contribution in [0.5, 0.6) is 0 Å². The van der Waals surface area contributed by atoms with Gasteiger partial charge in [0.1, 0.15) is 0 Å². The molecule has 0 fully saturated rings. The number of likely N-dealkylation sites (N-methyl/N-ethyl adjacent to an activating group) is 1. The molecule has 2 heterocycles. The molecule has 1 amide bonds. The zero-order valence-electron chi connectivity index (χ0n) is 12.4. The number of hydrogen-bond donors (Lipinski definition) is 0. The zero-order valence-corrected chi connectivity index (χ0v) is 12.4. The molecule has 2 rings (SSSR count). The van der Waals surface area contributed by atoms with E-state index in [1.165, 1.54) is 0 Å². The first-order chi connectivity index (χ1) is 9.47. The van der Waals surface area contributed by atoms with Gasteiger partial charge in [0.05, 0.1) is 17.8 Å². The zero-order chi connectivity index (χ0) is 14.7. The molecule has 0 N–H and O–H groups in total. The van der Waals surface area contributed by atoms with Crippen LogP contribution in [0.2, 0.25) is 0 Å². The topological polar surface area (TPSA) is 51.0 Å². The second kappa shape index (κ2) is 5.86. The Balaban J connectivity index is 2.02. The first-order valence-electron chi connectivity index (χ1n) is 6.61. The number of amides is 1. The van der Waals surface area contributed by atoms with E-state index in [0.29, 0.717) is 13.0 Å². The minimum Gasteiger partial charge on any atom is -0.341 e. The Morgan fingerprint density at radius 2 is 2.15 bits per heavy atom. The molecule has 0 radical (unpaired) electrons. The maximum Gasteiger partial charge on any atom is 0.228 e. The lowest BCUT2D eigenvalue weighted by molar-refractivity contribution is -0.129. The van der Waals surface area contributed by atoms with Crippen molar-refractivity contribution < 1.29 is 4.79 Å². The average molecular weight is 272 g/mol. The van der Waals surface area contributed by atoms with Gasteiger partial charge in [0.25, 0.3) is 0 Å². The summed E-state index contributed by atoms with van der Waals surface area (Å²) in [5, 5.41) is 4.29. The monoisotopic (exact) mass is 272 g/mol. The van der Waals surface area contributed by atoms with Crippen molar-refractivity contribution in [3.8, 4) is 0 Å². The highest BCUT2D eigenvalue weighted by molar-refractivity contribution is 5.78. The highest BCUT2D eigenvalue weighted by atomic mass is 16.2. The fourth-order valence-corrected chi connectivity index (χ4v) is 2.13. The predicted octanol–water partition coefficient (Wildman–Crippen LogP) is 1.63. The van der Waals surface area contributed by atoms with Gasteiger partial charge in [-0.2, -0.15) is 5.10 Å². The Morgan fingerprint density at radius 3 is 2.75 bits per heavy atom. The van der Waals surface area contributed by atoms with E-state index in [9.17, 15) is 4.79 Å². The van der Waals surface area contributed by atoms with Crippen molar-refractivity contribution in [3.05, 3.63) is 47.0 Å². The van der Waals surface area contributed by atoms with E-state index in [2.05, 4.69) is 10.1 Å². The minimum atomic E-state index is 0.0649. The number of pyridine rings is 1. The van der Waals surface area contributed by atoms with Crippen molar-refractivity contribution in [2.45, 2.75) is 26.8 Å². The van der Waals surface area contributed by atoms with Crippen LogP contribution in [-0.2, 0) is 24.8 Å². The van der Waals surface area contributed by atoms with Crippen molar-refractivity contribution in [2.75, 3.05) is 7.05 Å². The van der Waals surface area contributed by atoms with Crippen molar-refractivity contribution in [1.29, 1.82) is 0 Å². The van der Waals surface area contributed by atoms with E-state index < -0.39 is 0 Å². The Morgan fingerprint density at radius 1 is 1.40 bits per heavy atom. The van der Waals surface area contributed by atoms with Gasteiger partial charge in [-0.15, -0.1) is 0 Å². The van der Waals surface area contributed by atoms with E-state index in [-0.39, 0.29) is 5.91 Å². The van der Waals surface area contributed by atoms with Gasteiger partial charge in [0.2, 0.25) is 5.91 Å². The van der Waals surface area contributed by atoms with Crippen LogP contribution in [0.1, 0.15) is 22.5 Å². The molecule has 0 saturated carbocycles. The third-order valence-corrected chi connectivity index (χ3v) is 3.38. The van der Waals surface area contributed by atoms with Crippen molar-refractivity contribution in [2.24, 2.45) is 7.05 Å². The SMILES string of the molecule is Cc1cccnc1CC(=O)N(C)Cc1cn(C)nc1C. The molecule has 0 spiro atoms. The first kappa shape index (κ1) is 14.2. The summed E-state index contributed by atoms with van der Waals surface area (Å²) in [6, 6.07) is 3.85.